The number of halogens is 1. The van der Waals surface area contributed by atoms with E-state index in [4.69, 9.17) is 23.8 Å². The molecule has 14 rings (SSSR count). The van der Waals surface area contributed by atoms with Crippen LogP contribution in [0.25, 0.3) is 144 Å². The van der Waals surface area contributed by atoms with Crippen molar-refractivity contribution >= 4 is 92.4 Å². The van der Waals surface area contributed by atoms with Crippen LogP contribution in [0.15, 0.2) is 220 Å². The molecule has 0 aliphatic rings. The molecule has 4 heterocycles. The molecule has 0 spiro atoms. The monoisotopic (exact) mass is 934 g/mol. The molecule has 10 aromatic carbocycles. The van der Waals surface area contributed by atoms with Crippen LogP contribution < -0.4 is 0 Å². The summed E-state index contributed by atoms with van der Waals surface area (Å²) < 4.78 is 13.7. The zero-order valence-electron chi connectivity index (χ0n) is 36.2. The van der Waals surface area contributed by atoms with Crippen LogP contribution in [-0.4, -0.2) is 19.9 Å². The van der Waals surface area contributed by atoms with Crippen molar-refractivity contribution in [2.24, 2.45) is 0 Å². The quantitative estimate of drug-likeness (QED) is 0.180. The molecule has 7 heteroatoms. The highest BCUT2D eigenvalue weighted by atomic mass is 79.9. The lowest BCUT2D eigenvalue weighted by atomic mass is 9.96. The van der Waals surface area contributed by atoms with Gasteiger partial charge in [-0.15, -0.1) is 0 Å². The number of furan rings is 2. The van der Waals surface area contributed by atoms with Gasteiger partial charge in [0, 0.05) is 64.6 Å². The molecule has 0 atom stereocenters. The molecule has 68 heavy (non-hydrogen) atoms. The molecule has 318 valence electrons. The number of fused-ring (bicyclic) bond motifs is 11. The molecule has 0 unspecified atom stereocenters. The van der Waals surface area contributed by atoms with Crippen molar-refractivity contribution in [1.29, 1.82) is 0 Å². The normalized spacial score (nSPS) is 11.9. The Morgan fingerprint density at radius 3 is 1.69 bits per heavy atom. The van der Waals surface area contributed by atoms with Crippen molar-refractivity contribution in [3.8, 4) is 67.5 Å². The molecule has 0 bridgehead atoms. The van der Waals surface area contributed by atoms with Crippen LogP contribution in [0.5, 0.6) is 0 Å². The van der Waals surface area contributed by atoms with E-state index in [0.717, 1.165) is 98.3 Å². The summed E-state index contributed by atoms with van der Waals surface area (Å²) in [4.78, 5) is 18.8. The first-order valence-electron chi connectivity index (χ1n) is 22.6. The zero-order valence-corrected chi connectivity index (χ0v) is 37.8. The van der Waals surface area contributed by atoms with Crippen molar-refractivity contribution in [1.82, 2.24) is 19.9 Å². The van der Waals surface area contributed by atoms with E-state index < -0.39 is 0 Å². The number of aromatic amines is 1. The summed E-state index contributed by atoms with van der Waals surface area (Å²) in [7, 11) is 0. The largest absolute Gasteiger partial charge is 0.456 e. The number of hydrogen-bond acceptors (Lipinski definition) is 5. The van der Waals surface area contributed by atoms with Crippen molar-refractivity contribution in [2.75, 3.05) is 0 Å². The fourth-order valence-electron chi connectivity index (χ4n) is 9.98. The van der Waals surface area contributed by atoms with Gasteiger partial charge in [0.25, 0.3) is 0 Å². The van der Waals surface area contributed by atoms with E-state index in [9.17, 15) is 0 Å². The minimum Gasteiger partial charge on any atom is -0.456 e. The average molecular weight is 936 g/mol. The number of para-hydroxylation sites is 2. The number of H-pyrrole nitrogens is 1. The van der Waals surface area contributed by atoms with Gasteiger partial charge in [0.05, 0.1) is 5.52 Å². The third-order valence-corrected chi connectivity index (χ3v) is 13.9. The predicted octanol–water partition coefficient (Wildman–Crippen LogP) is 17.2. The first kappa shape index (κ1) is 38.6. The van der Waals surface area contributed by atoms with E-state index in [1.165, 1.54) is 32.7 Å². The molecule has 4 aromatic heterocycles. The molecule has 6 nitrogen and oxygen atoms in total. The molecule has 0 aliphatic heterocycles. The topological polar surface area (TPSA) is 80.7 Å². The molecule has 0 radical (unpaired) electrons. The first-order valence-corrected chi connectivity index (χ1v) is 23.4. The number of benzene rings is 10. The van der Waals surface area contributed by atoms with Gasteiger partial charge in [-0.3, -0.25) is 0 Å². The smallest absolute Gasteiger partial charge is 0.164 e. The summed E-state index contributed by atoms with van der Waals surface area (Å²) in [6.45, 7) is 0. The van der Waals surface area contributed by atoms with Gasteiger partial charge < -0.3 is 13.8 Å². The second-order valence-electron chi connectivity index (χ2n) is 17.4. The number of nitrogens with one attached hydrogen (secondary N) is 1. The van der Waals surface area contributed by atoms with Crippen LogP contribution in [0.3, 0.4) is 0 Å². The van der Waals surface area contributed by atoms with Crippen LogP contribution in [0.1, 0.15) is 0 Å². The summed E-state index contributed by atoms with van der Waals surface area (Å²) in [6, 6.07) is 72.1. The van der Waals surface area contributed by atoms with Crippen molar-refractivity contribution in [3.05, 3.63) is 211 Å². The van der Waals surface area contributed by atoms with E-state index in [-0.39, 0.29) is 0 Å². The lowest BCUT2D eigenvalue weighted by molar-refractivity contribution is 0.668. The summed E-state index contributed by atoms with van der Waals surface area (Å²) in [5, 5.41) is 9.31. The maximum absolute atomic E-state index is 6.52. The molecular weight excluding hydrogens is 901 g/mol. The molecule has 0 saturated heterocycles. The Bertz CT molecular complexity index is 4340. The molecule has 14 aromatic rings. The van der Waals surface area contributed by atoms with Crippen molar-refractivity contribution < 1.29 is 8.83 Å². The summed E-state index contributed by atoms with van der Waals surface area (Å²) in [5.74, 6) is 1.75. The maximum atomic E-state index is 6.52. The Kier molecular flexibility index (Phi) is 8.63. The Morgan fingerprint density at radius 1 is 0.338 bits per heavy atom. The van der Waals surface area contributed by atoms with E-state index in [0.29, 0.717) is 17.5 Å². The van der Waals surface area contributed by atoms with Gasteiger partial charge in [-0.05, 0) is 105 Å². The van der Waals surface area contributed by atoms with E-state index in [1.54, 1.807) is 0 Å². The second kappa shape index (κ2) is 15.2. The van der Waals surface area contributed by atoms with Gasteiger partial charge in [0.15, 0.2) is 17.5 Å². The molecule has 1 N–H and O–H groups in total. The molecule has 0 amide bonds. The van der Waals surface area contributed by atoms with E-state index in [1.807, 2.05) is 48.5 Å². The summed E-state index contributed by atoms with van der Waals surface area (Å²) in [6.07, 6.45) is 0. The number of rotatable bonds is 6. The lowest BCUT2D eigenvalue weighted by Gasteiger charge is -2.09. The van der Waals surface area contributed by atoms with Crippen LogP contribution >= 0.6 is 15.9 Å². The minimum atomic E-state index is 0.572. The van der Waals surface area contributed by atoms with Crippen molar-refractivity contribution in [3.63, 3.8) is 0 Å². The minimum absolute atomic E-state index is 0.572. The molecule has 0 fully saturated rings. The second-order valence-corrected chi connectivity index (χ2v) is 18.3. The lowest BCUT2D eigenvalue weighted by Crippen LogP contribution is -2.00. The summed E-state index contributed by atoms with van der Waals surface area (Å²) in [5.41, 5.74) is 15.0. The van der Waals surface area contributed by atoms with E-state index in [2.05, 4.69) is 179 Å². The molecular formula is C61H35BrN4O2. The Balaban J connectivity index is 0.786. The summed E-state index contributed by atoms with van der Waals surface area (Å²) >= 11 is 3.57. The van der Waals surface area contributed by atoms with Gasteiger partial charge in [0.2, 0.25) is 0 Å². The Morgan fingerprint density at radius 2 is 0.882 bits per heavy atom. The third-order valence-electron chi connectivity index (χ3n) is 13.4. The third kappa shape index (κ3) is 6.35. The standard InChI is InChI=1S/C61H35BrN4O2/c62-44-25-19-38(20-26-44)60-64-59(65-61(66-60)43-22-28-48-47-11-3-4-14-53(47)67-56(48)34-43)37-17-15-35(16-18-37)41-21-27-49-51-32-40(24-30-54(51)68-55(49)33-41)39-8-5-9-42(31-39)46-12-6-13-50-57-45-10-2-1-7-36(45)23-29-52(57)63-58(46)50/h1-34,63H. The number of aromatic nitrogens is 4. The molecule has 0 saturated carbocycles. The highest BCUT2D eigenvalue weighted by Crippen LogP contribution is 2.40. The Hall–Kier alpha value is -8.65. The van der Waals surface area contributed by atoms with Gasteiger partial charge >= 0.3 is 0 Å². The highest BCUT2D eigenvalue weighted by molar-refractivity contribution is 9.10. The van der Waals surface area contributed by atoms with E-state index >= 15 is 0 Å². The van der Waals surface area contributed by atoms with Crippen LogP contribution in [0.4, 0.5) is 0 Å². The van der Waals surface area contributed by atoms with Crippen LogP contribution in [0.2, 0.25) is 0 Å². The number of hydrogen-bond donors (Lipinski definition) is 1. The maximum Gasteiger partial charge on any atom is 0.164 e. The van der Waals surface area contributed by atoms with Gasteiger partial charge in [-0.1, -0.05) is 155 Å². The fraction of sp³-hybridized carbons (Fsp3) is 0. The highest BCUT2D eigenvalue weighted by Gasteiger charge is 2.17. The van der Waals surface area contributed by atoms with Crippen molar-refractivity contribution in [2.45, 2.75) is 0 Å². The average Bonchev–Trinajstić information content (AvgIpc) is 4.09. The first-order chi connectivity index (χ1) is 33.5. The van der Waals surface area contributed by atoms with Gasteiger partial charge in [-0.2, -0.15) is 0 Å². The predicted molar refractivity (Wildman–Crippen MR) is 282 cm³/mol. The molecule has 0 aliphatic carbocycles. The van der Waals surface area contributed by atoms with Crippen LogP contribution in [-0.2, 0) is 0 Å². The Labute approximate surface area is 397 Å². The SMILES string of the molecule is Brc1ccc(-c2nc(-c3ccc(-c4ccc5c(c4)oc4ccc(-c6cccc(-c7cccc8c7[nH]c7ccc9ccccc9c78)c6)cc45)cc3)nc(-c3ccc4c(c3)oc3ccccc34)n2)cc1. The fourth-order valence-corrected chi connectivity index (χ4v) is 10.2. The van der Waals surface area contributed by atoms with Crippen LogP contribution in [0, 0.1) is 0 Å². The van der Waals surface area contributed by atoms with Gasteiger partial charge in [0.1, 0.15) is 22.3 Å². The number of nitrogens with zero attached hydrogens (tertiary/aromatic N) is 3. The zero-order chi connectivity index (χ0) is 44.9. The van der Waals surface area contributed by atoms with Gasteiger partial charge in [-0.25, -0.2) is 15.0 Å².